The van der Waals surface area contributed by atoms with Crippen molar-refractivity contribution in [3.63, 3.8) is 0 Å². The normalized spacial score (nSPS) is 14.6. The molecule has 154 valence electrons. The lowest BCUT2D eigenvalue weighted by atomic mass is 10.0. The molecule has 29 heavy (non-hydrogen) atoms. The average Bonchev–Trinajstić information content (AvgIpc) is 2.74. The largest absolute Gasteiger partial charge is 0.478 e. The molecule has 1 aliphatic rings. The number of benzene rings is 2. The molecule has 2 aromatic rings. The van der Waals surface area contributed by atoms with Gasteiger partial charge in [0.1, 0.15) is 0 Å². The number of aromatic carboxylic acids is 1. The lowest BCUT2D eigenvalue weighted by Gasteiger charge is -2.34. The second-order valence-electron chi connectivity index (χ2n) is 7.09. The fraction of sp³-hybridized carbons (Fsp3) is 0.364. The number of piperidine rings is 1. The van der Waals surface area contributed by atoms with Crippen molar-refractivity contribution in [1.29, 1.82) is 0 Å². The summed E-state index contributed by atoms with van der Waals surface area (Å²) in [6.45, 7) is 2.19. The van der Waals surface area contributed by atoms with Crippen LogP contribution in [0.4, 0.5) is 5.69 Å². The summed E-state index contributed by atoms with van der Waals surface area (Å²) in [6.07, 6.45) is 2.81. The zero-order valence-electron chi connectivity index (χ0n) is 16.4. The van der Waals surface area contributed by atoms with Gasteiger partial charge >= 0.3 is 5.97 Å². The number of ether oxygens (including phenoxy) is 1. The van der Waals surface area contributed by atoms with Gasteiger partial charge in [0, 0.05) is 36.9 Å². The van der Waals surface area contributed by atoms with Crippen molar-refractivity contribution in [3.8, 4) is 0 Å². The first kappa shape index (κ1) is 21.3. The van der Waals surface area contributed by atoms with E-state index >= 15 is 0 Å². The van der Waals surface area contributed by atoms with E-state index in [0.717, 1.165) is 41.7 Å². The first-order valence-electron chi connectivity index (χ1n) is 9.65. The number of carboxylic acids is 1. The molecule has 7 heteroatoms. The van der Waals surface area contributed by atoms with E-state index in [1.165, 1.54) is 0 Å². The molecule has 1 heterocycles. The zero-order chi connectivity index (χ0) is 20.8. The first-order chi connectivity index (χ1) is 14.0. The van der Waals surface area contributed by atoms with E-state index in [4.69, 9.17) is 9.84 Å². The van der Waals surface area contributed by atoms with E-state index in [2.05, 4.69) is 26.1 Å². The van der Waals surface area contributed by atoms with Crippen LogP contribution in [0, 0.1) is 0 Å². The van der Waals surface area contributed by atoms with Gasteiger partial charge in [-0.05, 0) is 55.2 Å². The minimum atomic E-state index is -0.943. The number of nitrogens with zero attached hydrogens (tertiary/aromatic N) is 1. The third-order valence-corrected chi connectivity index (χ3v) is 5.71. The standard InChI is InChI=1S/C22H25BrN2O4/c1-29-18-9-12-25(13-10-18)20-7-6-17(23)14-19(20)21(26)24-11-8-15-2-4-16(5-3-15)22(27)28/h2-7,14,18H,8-13H2,1H3,(H,24,26)(H,27,28). The maximum atomic E-state index is 12.9. The molecule has 0 aromatic heterocycles. The Morgan fingerprint density at radius 1 is 1.17 bits per heavy atom. The predicted octanol–water partition coefficient (Wildman–Crippen LogP) is 3.74. The third-order valence-electron chi connectivity index (χ3n) is 5.22. The van der Waals surface area contributed by atoms with Crippen LogP contribution >= 0.6 is 15.9 Å². The zero-order valence-corrected chi connectivity index (χ0v) is 17.9. The van der Waals surface area contributed by atoms with Crippen LogP contribution in [-0.4, -0.2) is 49.8 Å². The molecule has 0 atom stereocenters. The summed E-state index contributed by atoms with van der Waals surface area (Å²) in [5, 5.41) is 11.9. The molecular weight excluding hydrogens is 436 g/mol. The summed E-state index contributed by atoms with van der Waals surface area (Å²) < 4.78 is 6.31. The van der Waals surface area contributed by atoms with Gasteiger partial charge in [0.2, 0.25) is 0 Å². The van der Waals surface area contributed by atoms with Gasteiger partial charge in [0.15, 0.2) is 0 Å². The number of carboxylic acid groups (broad SMARTS) is 1. The monoisotopic (exact) mass is 460 g/mol. The summed E-state index contributed by atoms with van der Waals surface area (Å²) in [5.41, 5.74) is 2.82. The minimum absolute atomic E-state index is 0.114. The van der Waals surface area contributed by atoms with E-state index < -0.39 is 5.97 Å². The Morgan fingerprint density at radius 2 is 1.86 bits per heavy atom. The number of hydrogen-bond acceptors (Lipinski definition) is 4. The molecule has 0 aliphatic carbocycles. The van der Waals surface area contributed by atoms with Crippen LogP contribution in [0.5, 0.6) is 0 Å². The van der Waals surface area contributed by atoms with Crippen LogP contribution in [0.1, 0.15) is 39.1 Å². The van der Waals surface area contributed by atoms with Crippen molar-refractivity contribution in [2.45, 2.75) is 25.4 Å². The Hall–Kier alpha value is -2.38. The number of halogens is 1. The summed E-state index contributed by atoms with van der Waals surface area (Å²) >= 11 is 3.47. The number of carbonyl (C=O) groups excluding carboxylic acids is 1. The third kappa shape index (κ3) is 5.58. The molecular formula is C22H25BrN2O4. The van der Waals surface area contributed by atoms with Crippen molar-refractivity contribution >= 4 is 33.5 Å². The van der Waals surface area contributed by atoms with Gasteiger partial charge in [-0.1, -0.05) is 28.1 Å². The Kier molecular flexibility index (Phi) is 7.28. The van der Waals surface area contributed by atoms with E-state index in [9.17, 15) is 9.59 Å². The van der Waals surface area contributed by atoms with Gasteiger partial charge in [-0.15, -0.1) is 0 Å². The number of carbonyl (C=O) groups is 2. The summed E-state index contributed by atoms with van der Waals surface area (Å²) in [4.78, 5) is 26.0. The Balaban J connectivity index is 1.62. The van der Waals surface area contributed by atoms with Crippen LogP contribution in [0.25, 0.3) is 0 Å². The van der Waals surface area contributed by atoms with Gasteiger partial charge in [-0.25, -0.2) is 4.79 Å². The topological polar surface area (TPSA) is 78.9 Å². The summed E-state index contributed by atoms with van der Waals surface area (Å²) in [7, 11) is 1.74. The molecule has 1 aliphatic heterocycles. The van der Waals surface area contributed by atoms with Crippen molar-refractivity contribution in [3.05, 3.63) is 63.6 Å². The fourth-order valence-electron chi connectivity index (χ4n) is 3.53. The highest BCUT2D eigenvalue weighted by atomic mass is 79.9. The highest BCUT2D eigenvalue weighted by molar-refractivity contribution is 9.10. The number of rotatable bonds is 7. The van der Waals surface area contributed by atoms with Crippen molar-refractivity contribution in [1.82, 2.24) is 5.32 Å². The maximum Gasteiger partial charge on any atom is 0.335 e. The molecule has 3 rings (SSSR count). The summed E-state index contributed by atoms with van der Waals surface area (Å²) in [6, 6.07) is 12.5. The van der Waals surface area contributed by atoms with Crippen molar-refractivity contribution < 1.29 is 19.4 Å². The Labute approximate surface area is 179 Å². The van der Waals surface area contributed by atoms with Crippen LogP contribution in [0.15, 0.2) is 46.9 Å². The lowest BCUT2D eigenvalue weighted by molar-refractivity contribution is 0.0696. The Morgan fingerprint density at radius 3 is 2.48 bits per heavy atom. The van der Waals surface area contributed by atoms with Crippen LogP contribution < -0.4 is 10.2 Å². The van der Waals surface area contributed by atoms with Gasteiger partial charge in [-0.2, -0.15) is 0 Å². The number of nitrogens with one attached hydrogen (secondary N) is 1. The molecule has 0 saturated carbocycles. The second kappa shape index (κ2) is 9.89. The maximum absolute atomic E-state index is 12.9. The smallest absolute Gasteiger partial charge is 0.335 e. The molecule has 0 radical (unpaired) electrons. The molecule has 0 unspecified atom stereocenters. The SMILES string of the molecule is COC1CCN(c2ccc(Br)cc2C(=O)NCCc2ccc(C(=O)O)cc2)CC1. The fourth-order valence-corrected chi connectivity index (χ4v) is 3.89. The lowest BCUT2D eigenvalue weighted by Crippen LogP contribution is -2.38. The quantitative estimate of drug-likeness (QED) is 0.657. The molecule has 1 amide bonds. The highest BCUT2D eigenvalue weighted by Crippen LogP contribution is 2.28. The molecule has 0 spiro atoms. The van der Waals surface area contributed by atoms with Gasteiger partial charge in [0.05, 0.1) is 17.2 Å². The first-order valence-corrected chi connectivity index (χ1v) is 10.4. The predicted molar refractivity (Wildman–Crippen MR) is 116 cm³/mol. The van der Waals surface area contributed by atoms with Crippen molar-refractivity contribution in [2.24, 2.45) is 0 Å². The van der Waals surface area contributed by atoms with Gasteiger partial charge < -0.3 is 20.1 Å². The van der Waals surface area contributed by atoms with Crippen molar-refractivity contribution in [2.75, 3.05) is 31.6 Å². The summed E-state index contributed by atoms with van der Waals surface area (Å²) in [5.74, 6) is -1.06. The van der Waals surface area contributed by atoms with Crippen LogP contribution in [0.2, 0.25) is 0 Å². The van der Waals surface area contributed by atoms with Crippen LogP contribution in [0.3, 0.4) is 0 Å². The number of anilines is 1. The van der Waals surface area contributed by atoms with E-state index in [-0.39, 0.29) is 17.6 Å². The number of hydrogen-bond donors (Lipinski definition) is 2. The van der Waals surface area contributed by atoms with Gasteiger partial charge in [-0.3, -0.25) is 4.79 Å². The van der Waals surface area contributed by atoms with Crippen LogP contribution in [-0.2, 0) is 11.2 Å². The Bertz CT molecular complexity index is 862. The molecule has 0 bridgehead atoms. The minimum Gasteiger partial charge on any atom is -0.478 e. The second-order valence-corrected chi connectivity index (χ2v) is 8.01. The average molecular weight is 461 g/mol. The van der Waals surface area contributed by atoms with Gasteiger partial charge in [0.25, 0.3) is 5.91 Å². The molecule has 1 fully saturated rings. The molecule has 6 nitrogen and oxygen atoms in total. The number of amides is 1. The van der Waals surface area contributed by atoms with E-state index in [1.54, 1.807) is 31.4 Å². The van der Waals surface area contributed by atoms with E-state index in [1.807, 2.05) is 18.2 Å². The molecule has 2 N–H and O–H groups in total. The highest BCUT2D eigenvalue weighted by Gasteiger charge is 2.23. The van der Waals surface area contributed by atoms with E-state index in [0.29, 0.717) is 18.5 Å². The molecule has 1 saturated heterocycles. The number of methoxy groups -OCH3 is 1. The molecule has 2 aromatic carbocycles.